The van der Waals surface area contributed by atoms with Crippen LogP contribution in [0, 0.1) is 6.07 Å². The average Bonchev–Trinajstić information content (AvgIpc) is 3.44. The van der Waals surface area contributed by atoms with Crippen molar-refractivity contribution in [2.45, 2.75) is 5.92 Å². The molecule has 31 heavy (non-hydrogen) atoms. The second-order valence-electron chi connectivity index (χ2n) is 7.02. The summed E-state index contributed by atoms with van der Waals surface area (Å²) in [5, 5.41) is 2.66. The van der Waals surface area contributed by atoms with E-state index in [4.69, 9.17) is 17.0 Å². The fraction of sp³-hybridized carbons (Fsp3) is 0.0800. The maximum Gasteiger partial charge on any atom is -0.0809 e. The Kier molecular flexibility index (Phi) is 9.02. The fourth-order valence-corrected chi connectivity index (χ4v) is 4.47. The number of hydrogen-bond acceptors (Lipinski definition) is 2. The molecule has 1 aliphatic heterocycles. The first-order chi connectivity index (χ1) is 14.6. The van der Waals surface area contributed by atoms with Crippen molar-refractivity contribution in [2.24, 2.45) is 0 Å². The van der Waals surface area contributed by atoms with E-state index >= 15 is 0 Å². The second kappa shape index (κ2) is 11.3. The molecule has 0 fully saturated rings. The Morgan fingerprint density at radius 3 is 2.45 bits per heavy atom. The van der Waals surface area contributed by atoms with Crippen molar-refractivity contribution >= 4 is 69.0 Å². The molecule has 0 amide bonds. The third kappa shape index (κ3) is 5.20. The van der Waals surface area contributed by atoms with Gasteiger partial charge >= 0.3 is 37.9 Å². The number of hydrogen-bond donors (Lipinski definition) is 0. The number of halogens is 3. The molecule has 1 nitrogen and oxygen atoms in total. The molecule has 4 aromatic carbocycles. The molecule has 1 heterocycles. The van der Waals surface area contributed by atoms with Gasteiger partial charge in [0.05, 0.1) is 0 Å². The monoisotopic (exact) mass is 604 g/mol. The number of rotatable bonds is 0. The van der Waals surface area contributed by atoms with Crippen LogP contribution in [0.3, 0.4) is 0 Å². The van der Waals surface area contributed by atoms with Gasteiger partial charge in [-0.2, -0.15) is 17.5 Å². The zero-order valence-electron chi connectivity index (χ0n) is 16.7. The molecule has 0 N–H and O–H groups in total. The zero-order valence-corrected chi connectivity index (χ0v) is 23.1. The summed E-state index contributed by atoms with van der Waals surface area (Å²) < 4.78 is 1.02. The number of para-hydroxylation sites is 1. The molecule has 0 saturated heterocycles. The zero-order chi connectivity index (χ0) is 21.1. The van der Waals surface area contributed by atoms with Crippen molar-refractivity contribution in [3.8, 4) is 0 Å². The van der Waals surface area contributed by atoms with Gasteiger partial charge in [0, 0.05) is 18.7 Å². The number of anilines is 1. The van der Waals surface area contributed by atoms with E-state index in [-0.39, 0.29) is 13.5 Å². The minimum Gasteiger partial charge on any atom is -0.813 e. The minimum atomic E-state index is -0.826. The first-order valence-electron chi connectivity index (χ1n) is 9.46. The Hall–Kier alpha value is -0.897. The van der Waals surface area contributed by atoms with Gasteiger partial charge in [-0.15, -0.1) is 65.1 Å². The van der Waals surface area contributed by atoms with E-state index < -0.39 is 20.8 Å². The van der Waals surface area contributed by atoms with Crippen molar-refractivity contribution in [3.63, 3.8) is 0 Å². The topological polar surface area (TPSA) is 3.24 Å². The van der Waals surface area contributed by atoms with Gasteiger partial charge in [0.2, 0.25) is 0 Å². The first kappa shape index (κ1) is 24.7. The largest absolute Gasteiger partial charge is 0.813 e. The molecular formula is C25H19BrCl2NSZr-3. The molecular weight excluding hydrogens is 588 g/mol. The predicted octanol–water partition coefficient (Wildman–Crippen LogP) is 7.85. The van der Waals surface area contributed by atoms with Crippen LogP contribution >= 0.6 is 33.0 Å². The quantitative estimate of drug-likeness (QED) is 0.114. The van der Waals surface area contributed by atoms with Gasteiger partial charge in [0.25, 0.3) is 0 Å². The van der Waals surface area contributed by atoms with Crippen LogP contribution in [0.5, 0.6) is 0 Å². The van der Waals surface area contributed by atoms with Gasteiger partial charge in [-0.1, -0.05) is 44.7 Å². The van der Waals surface area contributed by atoms with Crippen LogP contribution in [0.1, 0.15) is 22.6 Å². The van der Waals surface area contributed by atoms with E-state index in [0.717, 1.165) is 4.47 Å². The molecule has 0 bridgehead atoms. The summed E-state index contributed by atoms with van der Waals surface area (Å²) in [5.74, 6) is 0.394. The van der Waals surface area contributed by atoms with Crippen molar-refractivity contribution in [1.82, 2.24) is 0 Å². The van der Waals surface area contributed by atoms with Gasteiger partial charge in [0.1, 0.15) is 0 Å². The third-order valence-electron chi connectivity index (χ3n) is 5.42. The summed E-state index contributed by atoms with van der Waals surface area (Å²) in [6.07, 6.45) is 2.25. The summed E-state index contributed by atoms with van der Waals surface area (Å²) in [6, 6.07) is 31.0. The third-order valence-corrected chi connectivity index (χ3v) is 5.88. The molecule has 2 aliphatic rings. The number of likely N-dealkylation sites (N-methyl/N-ethyl adjacent to an activating group) is 1. The maximum absolute atomic E-state index is 4.93. The number of nitrogens with zero attached hydrogens (tertiary/aromatic N) is 1. The molecule has 0 aromatic heterocycles. The second-order valence-corrected chi connectivity index (χ2v) is 11.6. The Labute approximate surface area is 217 Å². The number of thiol groups is 1. The number of allylic oxidation sites excluding steroid dienone is 1. The molecule has 0 radical (unpaired) electrons. The molecule has 1 atom stereocenters. The van der Waals surface area contributed by atoms with E-state index in [0.29, 0.717) is 5.92 Å². The number of benzene rings is 3. The molecule has 158 valence electrons. The van der Waals surface area contributed by atoms with Crippen molar-refractivity contribution in [1.29, 1.82) is 0 Å². The number of fused-ring (bicyclic) bond motifs is 6. The Morgan fingerprint density at radius 2 is 1.68 bits per heavy atom. The van der Waals surface area contributed by atoms with Gasteiger partial charge in [-0.05, 0) is 17.3 Å². The fourth-order valence-electron chi connectivity index (χ4n) is 4.12. The molecule has 0 spiro atoms. The van der Waals surface area contributed by atoms with E-state index in [1.165, 1.54) is 38.8 Å². The van der Waals surface area contributed by atoms with Crippen molar-refractivity contribution in [3.05, 3.63) is 112 Å². The summed E-state index contributed by atoms with van der Waals surface area (Å²) in [7, 11) is 12.0. The molecule has 1 aliphatic carbocycles. The van der Waals surface area contributed by atoms with Gasteiger partial charge < -0.3 is 18.4 Å². The van der Waals surface area contributed by atoms with Crippen LogP contribution in [0.15, 0.2) is 89.0 Å². The molecule has 0 saturated carbocycles. The van der Waals surface area contributed by atoms with E-state index in [9.17, 15) is 0 Å². The molecule has 6 heteroatoms. The SMILES string of the molecule is CN1C2=Cc3[c-]c(Br)ccc3C2c2ccccc21.[Cl][Zr][Cl].[SH-].c1ccc2[cH-]ccc2c1. The van der Waals surface area contributed by atoms with Crippen LogP contribution < -0.4 is 4.90 Å². The van der Waals surface area contributed by atoms with E-state index in [2.05, 4.69) is 119 Å². The van der Waals surface area contributed by atoms with Crippen LogP contribution in [0.25, 0.3) is 16.8 Å². The van der Waals surface area contributed by atoms with E-state index in [1.54, 1.807) is 0 Å². The smallest absolute Gasteiger partial charge is 0.0809 e. The van der Waals surface area contributed by atoms with Crippen LogP contribution in [0.2, 0.25) is 0 Å². The Bertz CT molecular complexity index is 1180. The Morgan fingerprint density at radius 1 is 0.968 bits per heavy atom. The summed E-state index contributed by atoms with van der Waals surface area (Å²) in [5.41, 5.74) is 6.67. The van der Waals surface area contributed by atoms with Gasteiger partial charge in [-0.25, -0.2) is 0 Å². The van der Waals surface area contributed by atoms with Gasteiger partial charge in [0.15, 0.2) is 0 Å². The average molecular weight is 608 g/mol. The summed E-state index contributed by atoms with van der Waals surface area (Å²) in [6.45, 7) is 0. The van der Waals surface area contributed by atoms with Gasteiger partial charge in [-0.3, -0.25) is 0 Å². The molecule has 6 rings (SSSR count). The van der Waals surface area contributed by atoms with Crippen molar-refractivity contribution in [2.75, 3.05) is 11.9 Å². The normalized spacial score (nSPS) is 14.6. The predicted molar refractivity (Wildman–Crippen MR) is 138 cm³/mol. The van der Waals surface area contributed by atoms with Crippen LogP contribution in [0.4, 0.5) is 5.69 Å². The van der Waals surface area contributed by atoms with Crippen LogP contribution in [-0.4, -0.2) is 7.05 Å². The molecule has 1 unspecified atom stereocenters. The summed E-state index contributed by atoms with van der Waals surface area (Å²) in [4.78, 5) is 2.29. The van der Waals surface area contributed by atoms with E-state index in [1.807, 2.05) is 0 Å². The van der Waals surface area contributed by atoms with Crippen LogP contribution in [-0.2, 0) is 34.3 Å². The molecule has 4 aromatic rings. The summed E-state index contributed by atoms with van der Waals surface area (Å²) >= 11 is 2.67. The minimum absolute atomic E-state index is 0. The Balaban J connectivity index is 0.000000177. The van der Waals surface area contributed by atoms with Crippen molar-refractivity contribution < 1.29 is 20.8 Å². The standard InChI is InChI=1S/C16H11BrN.C9H7.2ClH.H2S.Zr/c1-18-14-5-3-2-4-13(14)16-12-7-6-11(17)8-10(12)9-15(16)18;1-2-5-9-7-3-6-8(9)4-1;;;;/h2-7,9,16H,1H3;1-7H;2*1H;1H2;/q2*-1;;;;+2/p-3. The maximum atomic E-state index is 4.93. The first-order valence-corrected chi connectivity index (χ1v) is 16.6.